The zero-order valence-electron chi connectivity index (χ0n) is 6.25. The minimum absolute atomic E-state index is 0.122. The van der Waals surface area contributed by atoms with Gasteiger partial charge in [0.05, 0.1) is 18.0 Å². The Bertz CT molecular complexity index is 213. The van der Waals surface area contributed by atoms with Gasteiger partial charge in [0.15, 0.2) is 0 Å². The van der Waals surface area contributed by atoms with E-state index in [4.69, 9.17) is 4.74 Å². The molecule has 0 spiro atoms. The summed E-state index contributed by atoms with van der Waals surface area (Å²) < 4.78 is 26.3. The van der Waals surface area contributed by atoms with Crippen LogP contribution < -0.4 is 0 Å². The van der Waals surface area contributed by atoms with Crippen molar-refractivity contribution >= 4 is 9.84 Å². The second-order valence-corrected chi connectivity index (χ2v) is 5.38. The first-order chi connectivity index (χ1) is 4.41. The van der Waals surface area contributed by atoms with Crippen molar-refractivity contribution in [3.63, 3.8) is 0 Å². The first-order valence-electron chi connectivity index (χ1n) is 3.23. The highest BCUT2D eigenvalue weighted by atomic mass is 32.2. The lowest BCUT2D eigenvalue weighted by molar-refractivity contribution is 0.317. The highest BCUT2D eigenvalue weighted by Crippen LogP contribution is 2.29. The van der Waals surface area contributed by atoms with Crippen molar-refractivity contribution in [2.24, 2.45) is 0 Å². The molecule has 0 N–H and O–H groups in total. The summed E-state index contributed by atoms with van der Waals surface area (Å²) in [4.78, 5) is 0. The molecule has 0 aliphatic carbocycles. The minimum Gasteiger partial charge on any atom is -0.370 e. The fourth-order valence-corrected chi connectivity index (χ4v) is 1.47. The minimum atomic E-state index is -2.80. The van der Waals surface area contributed by atoms with Crippen LogP contribution in [-0.2, 0) is 14.6 Å². The average Bonchev–Trinajstić information content (AvgIpc) is 2.43. The van der Waals surface area contributed by atoms with Gasteiger partial charge in [0, 0.05) is 6.26 Å². The fourth-order valence-electron chi connectivity index (χ4n) is 0.669. The van der Waals surface area contributed by atoms with E-state index in [0.717, 1.165) is 0 Å². The number of sulfone groups is 1. The normalized spacial score (nSPS) is 32.2. The first kappa shape index (κ1) is 8.01. The van der Waals surface area contributed by atoms with Crippen LogP contribution in [0.15, 0.2) is 0 Å². The van der Waals surface area contributed by atoms with Crippen LogP contribution in [0.2, 0.25) is 0 Å². The summed E-state index contributed by atoms with van der Waals surface area (Å²) in [6.07, 6.45) is 1.88. The Morgan fingerprint density at radius 2 is 2.10 bits per heavy atom. The van der Waals surface area contributed by atoms with Crippen LogP contribution in [0.4, 0.5) is 0 Å². The quantitative estimate of drug-likeness (QED) is 0.560. The molecule has 0 aromatic heterocycles. The van der Waals surface area contributed by atoms with Crippen LogP contribution in [0.25, 0.3) is 0 Å². The van der Waals surface area contributed by atoms with E-state index in [2.05, 4.69) is 0 Å². The molecular weight excluding hydrogens is 152 g/mol. The van der Waals surface area contributed by atoms with E-state index in [9.17, 15) is 8.42 Å². The molecule has 1 aliphatic rings. The third-order valence-electron chi connectivity index (χ3n) is 1.64. The molecule has 1 saturated heterocycles. The van der Waals surface area contributed by atoms with Crippen molar-refractivity contribution in [3.8, 4) is 0 Å². The maximum absolute atomic E-state index is 10.7. The molecule has 0 aromatic rings. The van der Waals surface area contributed by atoms with Crippen molar-refractivity contribution in [1.29, 1.82) is 0 Å². The van der Waals surface area contributed by atoms with E-state index < -0.39 is 9.84 Å². The molecular formula is C6H12O3S. The van der Waals surface area contributed by atoms with Gasteiger partial charge >= 0.3 is 0 Å². The van der Waals surface area contributed by atoms with Gasteiger partial charge in [-0.05, 0) is 13.3 Å². The van der Waals surface area contributed by atoms with Crippen molar-refractivity contribution in [1.82, 2.24) is 0 Å². The summed E-state index contributed by atoms with van der Waals surface area (Å²) in [7, 11) is -2.80. The molecule has 0 radical (unpaired) electrons. The van der Waals surface area contributed by atoms with Crippen LogP contribution in [-0.4, -0.2) is 32.6 Å². The summed E-state index contributed by atoms with van der Waals surface area (Å²) >= 11 is 0. The van der Waals surface area contributed by atoms with Crippen molar-refractivity contribution in [3.05, 3.63) is 0 Å². The second kappa shape index (κ2) is 2.20. The molecule has 1 heterocycles. The van der Waals surface area contributed by atoms with E-state index in [-0.39, 0.29) is 11.4 Å². The summed E-state index contributed by atoms with van der Waals surface area (Å²) in [6.45, 7) is 2.64. The van der Waals surface area contributed by atoms with Gasteiger partial charge in [0.25, 0.3) is 0 Å². The molecule has 0 aromatic carbocycles. The van der Waals surface area contributed by atoms with E-state index >= 15 is 0 Å². The third kappa shape index (κ3) is 2.66. The van der Waals surface area contributed by atoms with Crippen molar-refractivity contribution < 1.29 is 13.2 Å². The standard InChI is InChI=1S/C6H12O3S/c1-6(5-9-6)3-4-10(2,7)8/h3-5H2,1-2H3. The second-order valence-electron chi connectivity index (χ2n) is 3.12. The average molecular weight is 164 g/mol. The molecule has 0 bridgehead atoms. The fraction of sp³-hybridized carbons (Fsp3) is 1.00. The lowest BCUT2D eigenvalue weighted by Crippen LogP contribution is -2.12. The molecule has 3 nitrogen and oxygen atoms in total. The van der Waals surface area contributed by atoms with Crippen LogP contribution >= 0.6 is 0 Å². The van der Waals surface area contributed by atoms with Gasteiger partial charge in [-0.25, -0.2) is 8.42 Å². The smallest absolute Gasteiger partial charge is 0.147 e. The highest BCUT2D eigenvalue weighted by molar-refractivity contribution is 7.90. The summed E-state index contributed by atoms with van der Waals surface area (Å²) in [5.74, 6) is 0.240. The van der Waals surface area contributed by atoms with Gasteiger partial charge in [-0.2, -0.15) is 0 Å². The first-order valence-corrected chi connectivity index (χ1v) is 5.29. The molecule has 0 amide bonds. The van der Waals surface area contributed by atoms with Gasteiger partial charge in [0.1, 0.15) is 9.84 Å². The van der Waals surface area contributed by atoms with Crippen LogP contribution in [0.3, 0.4) is 0 Å². The van der Waals surface area contributed by atoms with Gasteiger partial charge < -0.3 is 4.74 Å². The molecule has 1 rings (SSSR count). The number of rotatable bonds is 3. The largest absolute Gasteiger partial charge is 0.370 e. The maximum Gasteiger partial charge on any atom is 0.147 e. The number of hydrogen-bond acceptors (Lipinski definition) is 3. The van der Waals surface area contributed by atoms with Crippen LogP contribution in [0.1, 0.15) is 13.3 Å². The van der Waals surface area contributed by atoms with Crippen molar-refractivity contribution in [2.75, 3.05) is 18.6 Å². The molecule has 60 valence electrons. The predicted octanol–water partition coefficient (Wildman–Crippen LogP) is 0.210. The zero-order valence-corrected chi connectivity index (χ0v) is 7.07. The molecule has 0 saturated carbocycles. The van der Waals surface area contributed by atoms with Gasteiger partial charge in [-0.15, -0.1) is 0 Å². The van der Waals surface area contributed by atoms with Gasteiger partial charge in [-0.1, -0.05) is 0 Å². The van der Waals surface area contributed by atoms with E-state index in [0.29, 0.717) is 13.0 Å². The Balaban J connectivity index is 2.30. The lowest BCUT2D eigenvalue weighted by atomic mass is 10.1. The topological polar surface area (TPSA) is 46.7 Å². The maximum atomic E-state index is 10.7. The van der Waals surface area contributed by atoms with Gasteiger partial charge in [0.2, 0.25) is 0 Å². The van der Waals surface area contributed by atoms with Gasteiger partial charge in [-0.3, -0.25) is 0 Å². The summed E-state index contributed by atoms with van der Waals surface area (Å²) in [5.41, 5.74) is -0.122. The number of epoxide rings is 1. The Hall–Kier alpha value is -0.0900. The van der Waals surface area contributed by atoms with E-state index in [1.807, 2.05) is 6.92 Å². The third-order valence-corrected chi connectivity index (χ3v) is 2.58. The summed E-state index contributed by atoms with van der Waals surface area (Å²) in [5, 5.41) is 0. The highest BCUT2D eigenvalue weighted by Gasteiger charge is 2.39. The Kier molecular flexibility index (Phi) is 1.76. The molecule has 1 atom stereocenters. The molecule has 1 unspecified atom stereocenters. The number of ether oxygens (including phenoxy) is 1. The van der Waals surface area contributed by atoms with E-state index in [1.165, 1.54) is 6.26 Å². The monoisotopic (exact) mass is 164 g/mol. The molecule has 4 heteroatoms. The molecule has 1 fully saturated rings. The van der Waals surface area contributed by atoms with Crippen molar-refractivity contribution in [2.45, 2.75) is 18.9 Å². The molecule has 10 heavy (non-hydrogen) atoms. The Labute approximate surface area is 61.3 Å². The summed E-state index contributed by atoms with van der Waals surface area (Å²) in [6, 6.07) is 0. The zero-order chi connectivity index (χ0) is 7.83. The number of hydrogen-bond donors (Lipinski definition) is 0. The SMILES string of the molecule is CC1(CCS(C)(=O)=O)CO1. The Morgan fingerprint density at radius 3 is 2.40 bits per heavy atom. The predicted molar refractivity (Wildman–Crippen MR) is 38.7 cm³/mol. The lowest BCUT2D eigenvalue weighted by Gasteiger charge is -2.01. The Morgan fingerprint density at radius 1 is 1.60 bits per heavy atom. The van der Waals surface area contributed by atoms with Crippen LogP contribution in [0.5, 0.6) is 0 Å². The molecule has 1 aliphatic heterocycles. The van der Waals surface area contributed by atoms with E-state index in [1.54, 1.807) is 0 Å². The van der Waals surface area contributed by atoms with Crippen LogP contribution in [0, 0.1) is 0 Å².